The second kappa shape index (κ2) is 7.22. The highest BCUT2D eigenvalue weighted by Crippen LogP contribution is 2.19. The number of aromatic nitrogens is 2. The van der Waals surface area contributed by atoms with Crippen LogP contribution in [0.25, 0.3) is 0 Å². The summed E-state index contributed by atoms with van der Waals surface area (Å²) < 4.78 is 25.4. The van der Waals surface area contributed by atoms with Crippen molar-refractivity contribution in [1.29, 1.82) is 0 Å². The number of hydrazine groups is 1. The maximum atomic E-state index is 11.5. The Bertz CT molecular complexity index is 505. The number of nitrogens with zero attached hydrogens (tertiary/aromatic N) is 2. The van der Waals surface area contributed by atoms with E-state index < -0.39 is 10.0 Å². The van der Waals surface area contributed by atoms with E-state index in [4.69, 9.17) is 5.84 Å². The molecule has 0 atom stereocenters. The quantitative estimate of drug-likeness (QED) is 0.382. The number of nitrogen functional groups attached to an aromatic ring is 1. The highest BCUT2D eigenvalue weighted by Gasteiger charge is 2.11. The van der Waals surface area contributed by atoms with Crippen LogP contribution in [0.2, 0.25) is 0 Å². The van der Waals surface area contributed by atoms with Crippen LogP contribution in [0, 0.1) is 0 Å². The SMILES string of the molecule is CCNS(=O)(=O)CCNc1ncnc(NN)c1CC. The Morgan fingerprint density at radius 1 is 1.26 bits per heavy atom. The lowest BCUT2D eigenvalue weighted by atomic mass is 10.2. The van der Waals surface area contributed by atoms with Gasteiger partial charge >= 0.3 is 0 Å². The van der Waals surface area contributed by atoms with Gasteiger partial charge in [0.1, 0.15) is 18.0 Å². The third-order valence-electron chi connectivity index (χ3n) is 2.46. The minimum absolute atomic E-state index is 0.0145. The molecule has 0 aliphatic heterocycles. The Balaban J connectivity index is 2.68. The Hall–Kier alpha value is -1.45. The van der Waals surface area contributed by atoms with Crippen molar-refractivity contribution in [2.45, 2.75) is 20.3 Å². The minimum Gasteiger partial charge on any atom is -0.369 e. The van der Waals surface area contributed by atoms with Crippen molar-refractivity contribution in [3.05, 3.63) is 11.9 Å². The number of nitrogens with two attached hydrogens (primary N) is 1. The molecule has 0 bridgehead atoms. The summed E-state index contributed by atoms with van der Waals surface area (Å²) >= 11 is 0. The molecule has 1 heterocycles. The molecule has 0 saturated carbocycles. The Labute approximate surface area is 113 Å². The number of nitrogens with one attached hydrogen (secondary N) is 3. The topological polar surface area (TPSA) is 122 Å². The molecule has 0 saturated heterocycles. The maximum Gasteiger partial charge on any atom is 0.213 e. The second-order valence-corrected chi connectivity index (χ2v) is 5.72. The van der Waals surface area contributed by atoms with Gasteiger partial charge in [0.05, 0.1) is 5.75 Å². The van der Waals surface area contributed by atoms with Crippen LogP contribution < -0.4 is 21.3 Å². The molecule has 0 aliphatic carbocycles. The zero-order chi connectivity index (χ0) is 14.3. The van der Waals surface area contributed by atoms with E-state index in [1.54, 1.807) is 6.92 Å². The molecule has 0 aromatic carbocycles. The molecule has 0 amide bonds. The molecule has 1 aromatic rings. The van der Waals surface area contributed by atoms with Gasteiger partial charge in [0, 0.05) is 18.7 Å². The molecule has 1 aromatic heterocycles. The molecule has 108 valence electrons. The van der Waals surface area contributed by atoms with Gasteiger partial charge in [0.15, 0.2) is 0 Å². The predicted octanol–water partition coefficient (Wildman–Crippen LogP) is -0.324. The molecule has 0 spiro atoms. The lowest BCUT2D eigenvalue weighted by Crippen LogP contribution is -2.29. The summed E-state index contributed by atoms with van der Waals surface area (Å²) in [6.45, 7) is 4.34. The third kappa shape index (κ3) is 4.62. The highest BCUT2D eigenvalue weighted by atomic mass is 32.2. The maximum absolute atomic E-state index is 11.5. The molecule has 0 fully saturated rings. The van der Waals surface area contributed by atoms with Crippen molar-refractivity contribution in [3.63, 3.8) is 0 Å². The van der Waals surface area contributed by atoms with Crippen LogP contribution in [0.5, 0.6) is 0 Å². The summed E-state index contributed by atoms with van der Waals surface area (Å²) in [5.41, 5.74) is 3.32. The fraction of sp³-hybridized carbons (Fsp3) is 0.600. The lowest BCUT2D eigenvalue weighted by Gasteiger charge is -2.12. The standard InChI is InChI=1S/C10H20N6O2S/c1-3-8-9(13-7-14-10(8)16-11)12-5-6-19(17,18)15-4-2/h7,15H,3-6,11H2,1-2H3,(H2,12,13,14,16). The summed E-state index contributed by atoms with van der Waals surface area (Å²) in [4.78, 5) is 8.09. The van der Waals surface area contributed by atoms with Gasteiger partial charge < -0.3 is 10.7 Å². The van der Waals surface area contributed by atoms with Crippen molar-refractivity contribution >= 4 is 21.7 Å². The summed E-state index contributed by atoms with van der Waals surface area (Å²) in [5, 5.41) is 2.99. The van der Waals surface area contributed by atoms with Gasteiger partial charge in [-0.05, 0) is 6.42 Å². The number of sulfonamides is 1. The molecule has 0 unspecified atom stereocenters. The number of anilines is 2. The normalized spacial score (nSPS) is 11.3. The fourth-order valence-corrected chi connectivity index (χ4v) is 2.57. The van der Waals surface area contributed by atoms with Gasteiger partial charge in [0.2, 0.25) is 10.0 Å². The van der Waals surface area contributed by atoms with E-state index in [-0.39, 0.29) is 12.3 Å². The van der Waals surface area contributed by atoms with Crippen LogP contribution in [-0.4, -0.2) is 37.2 Å². The minimum atomic E-state index is -3.23. The molecule has 9 heteroatoms. The Morgan fingerprint density at radius 2 is 1.95 bits per heavy atom. The molecule has 1 rings (SSSR count). The van der Waals surface area contributed by atoms with E-state index >= 15 is 0 Å². The summed E-state index contributed by atoms with van der Waals surface area (Å²) in [6.07, 6.45) is 2.05. The van der Waals surface area contributed by atoms with Crippen molar-refractivity contribution < 1.29 is 8.42 Å². The van der Waals surface area contributed by atoms with E-state index in [0.717, 1.165) is 5.56 Å². The first-order chi connectivity index (χ1) is 9.04. The molecule has 0 radical (unpaired) electrons. The van der Waals surface area contributed by atoms with E-state index in [2.05, 4.69) is 25.4 Å². The van der Waals surface area contributed by atoms with Crippen molar-refractivity contribution in [3.8, 4) is 0 Å². The van der Waals surface area contributed by atoms with Gasteiger partial charge in [0.25, 0.3) is 0 Å². The van der Waals surface area contributed by atoms with Crippen molar-refractivity contribution in [2.24, 2.45) is 5.84 Å². The molecule has 8 nitrogen and oxygen atoms in total. The largest absolute Gasteiger partial charge is 0.369 e. The molecular formula is C10H20N6O2S. The van der Waals surface area contributed by atoms with Crippen molar-refractivity contribution in [2.75, 3.05) is 29.6 Å². The van der Waals surface area contributed by atoms with Gasteiger partial charge in [-0.3, -0.25) is 0 Å². The fourth-order valence-electron chi connectivity index (χ4n) is 1.62. The Kier molecular flexibility index (Phi) is 5.93. The number of rotatable bonds is 8. The molecule has 5 N–H and O–H groups in total. The Morgan fingerprint density at radius 3 is 2.53 bits per heavy atom. The zero-order valence-electron chi connectivity index (χ0n) is 11.1. The van der Waals surface area contributed by atoms with Gasteiger partial charge in [-0.15, -0.1) is 0 Å². The average Bonchev–Trinajstić information content (AvgIpc) is 2.38. The third-order valence-corrected chi connectivity index (χ3v) is 3.93. The first kappa shape index (κ1) is 15.6. The second-order valence-electron chi connectivity index (χ2n) is 3.79. The van der Waals surface area contributed by atoms with Crippen LogP contribution in [0.3, 0.4) is 0 Å². The highest BCUT2D eigenvalue weighted by molar-refractivity contribution is 7.89. The van der Waals surface area contributed by atoms with Crippen LogP contribution in [0.4, 0.5) is 11.6 Å². The first-order valence-corrected chi connectivity index (χ1v) is 7.71. The summed E-state index contributed by atoms with van der Waals surface area (Å²) in [5.74, 6) is 6.48. The lowest BCUT2D eigenvalue weighted by molar-refractivity contribution is 0.584. The van der Waals surface area contributed by atoms with E-state index in [1.807, 2.05) is 6.92 Å². The smallest absolute Gasteiger partial charge is 0.213 e. The average molecular weight is 288 g/mol. The zero-order valence-corrected chi connectivity index (χ0v) is 11.9. The van der Waals surface area contributed by atoms with Crippen LogP contribution >= 0.6 is 0 Å². The number of hydrogen-bond donors (Lipinski definition) is 4. The van der Waals surface area contributed by atoms with E-state index in [0.29, 0.717) is 24.6 Å². The van der Waals surface area contributed by atoms with Crippen LogP contribution in [0.1, 0.15) is 19.4 Å². The number of hydrogen-bond acceptors (Lipinski definition) is 7. The molecular weight excluding hydrogens is 268 g/mol. The monoisotopic (exact) mass is 288 g/mol. The van der Waals surface area contributed by atoms with Gasteiger partial charge in [-0.1, -0.05) is 13.8 Å². The summed E-state index contributed by atoms with van der Waals surface area (Å²) in [6, 6.07) is 0. The first-order valence-electron chi connectivity index (χ1n) is 6.05. The van der Waals surface area contributed by atoms with Crippen LogP contribution in [-0.2, 0) is 16.4 Å². The van der Waals surface area contributed by atoms with Gasteiger partial charge in [-0.25, -0.2) is 29.0 Å². The molecule has 19 heavy (non-hydrogen) atoms. The van der Waals surface area contributed by atoms with E-state index in [9.17, 15) is 8.42 Å². The van der Waals surface area contributed by atoms with Crippen molar-refractivity contribution in [1.82, 2.24) is 14.7 Å². The predicted molar refractivity (Wildman–Crippen MR) is 75.2 cm³/mol. The van der Waals surface area contributed by atoms with Gasteiger partial charge in [-0.2, -0.15) is 0 Å². The molecule has 0 aliphatic rings. The van der Waals surface area contributed by atoms with Crippen LogP contribution in [0.15, 0.2) is 6.33 Å². The van der Waals surface area contributed by atoms with E-state index in [1.165, 1.54) is 6.33 Å². The summed E-state index contributed by atoms with van der Waals surface area (Å²) in [7, 11) is -3.23.